The summed E-state index contributed by atoms with van der Waals surface area (Å²) in [6.45, 7) is 0. The van der Waals surface area contributed by atoms with Gasteiger partial charge in [0.1, 0.15) is 0 Å². The molecule has 1 aromatic carbocycles. The van der Waals surface area contributed by atoms with Gasteiger partial charge in [0.05, 0.1) is 6.42 Å². The van der Waals surface area contributed by atoms with Gasteiger partial charge in [-0.1, -0.05) is 28.1 Å². The van der Waals surface area contributed by atoms with Crippen molar-refractivity contribution in [2.75, 3.05) is 7.05 Å². The Morgan fingerprint density at radius 3 is 2.36 bits per heavy atom. The maximum absolute atomic E-state index is 11.4. The summed E-state index contributed by atoms with van der Waals surface area (Å²) in [5.74, 6) is -0.435. The number of nitrogens with one attached hydrogen (secondary N) is 1. The average Bonchev–Trinajstić information content (AvgIpc) is 2.18. The summed E-state index contributed by atoms with van der Waals surface area (Å²) in [5, 5.41) is 2.41. The van der Waals surface area contributed by atoms with Crippen LogP contribution in [0.3, 0.4) is 0 Å². The van der Waals surface area contributed by atoms with Crippen LogP contribution in [0.15, 0.2) is 28.7 Å². The third kappa shape index (κ3) is 2.96. The van der Waals surface area contributed by atoms with Gasteiger partial charge >= 0.3 is 0 Å². The number of rotatable bonds is 3. The van der Waals surface area contributed by atoms with E-state index in [-0.39, 0.29) is 18.1 Å². The number of benzene rings is 1. The van der Waals surface area contributed by atoms with Crippen LogP contribution in [0.25, 0.3) is 0 Å². The highest BCUT2D eigenvalue weighted by molar-refractivity contribution is 9.10. The third-order valence-electron chi connectivity index (χ3n) is 1.77. The molecule has 0 atom stereocenters. The number of amides is 1. The van der Waals surface area contributed by atoms with E-state index < -0.39 is 0 Å². The van der Waals surface area contributed by atoms with Crippen LogP contribution < -0.4 is 5.32 Å². The fourth-order valence-electron chi connectivity index (χ4n) is 0.972. The van der Waals surface area contributed by atoms with Crippen molar-refractivity contribution in [3.63, 3.8) is 0 Å². The zero-order chi connectivity index (χ0) is 10.6. The molecule has 3 nitrogen and oxygen atoms in total. The van der Waals surface area contributed by atoms with Crippen molar-refractivity contribution in [3.8, 4) is 0 Å². The van der Waals surface area contributed by atoms with Crippen molar-refractivity contribution in [3.05, 3.63) is 34.3 Å². The molecule has 1 N–H and O–H groups in total. The summed E-state index contributed by atoms with van der Waals surface area (Å²) in [4.78, 5) is 22.4. The van der Waals surface area contributed by atoms with Gasteiger partial charge in [-0.25, -0.2) is 0 Å². The molecule has 1 rings (SSSR count). The molecule has 4 heteroatoms. The molecule has 0 aliphatic carbocycles. The van der Waals surface area contributed by atoms with Crippen LogP contribution in [-0.2, 0) is 4.79 Å². The number of hydrogen-bond donors (Lipinski definition) is 1. The number of ketones is 1. The lowest BCUT2D eigenvalue weighted by molar-refractivity contribution is -0.119. The zero-order valence-electron chi connectivity index (χ0n) is 7.71. The van der Waals surface area contributed by atoms with E-state index in [2.05, 4.69) is 21.2 Å². The van der Waals surface area contributed by atoms with Crippen LogP contribution >= 0.6 is 15.9 Å². The van der Waals surface area contributed by atoms with Crippen molar-refractivity contribution in [1.29, 1.82) is 0 Å². The Kier molecular flexibility index (Phi) is 3.83. The predicted molar refractivity (Wildman–Crippen MR) is 57.2 cm³/mol. The van der Waals surface area contributed by atoms with Gasteiger partial charge in [0, 0.05) is 17.1 Å². The van der Waals surface area contributed by atoms with Crippen LogP contribution in [0.1, 0.15) is 16.8 Å². The highest BCUT2D eigenvalue weighted by Crippen LogP contribution is 2.11. The Balaban J connectivity index is 2.70. The molecule has 0 radical (unpaired) electrons. The van der Waals surface area contributed by atoms with Gasteiger partial charge in [0.2, 0.25) is 5.91 Å². The van der Waals surface area contributed by atoms with Crippen LogP contribution in [0.5, 0.6) is 0 Å². The van der Waals surface area contributed by atoms with Crippen LogP contribution in [-0.4, -0.2) is 18.7 Å². The smallest absolute Gasteiger partial charge is 0.227 e. The second-order valence-corrected chi connectivity index (χ2v) is 3.70. The lowest BCUT2D eigenvalue weighted by Crippen LogP contribution is -2.21. The van der Waals surface area contributed by atoms with Crippen LogP contribution in [0.2, 0.25) is 0 Å². The number of carbonyl (C=O) groups is 2. The molecule has 0 spiro atoms. The second kappa shape index (κ2) is 4.91. The lowest BCUT2D eigenvalue weighted by Gasteiger charge is -2.00. The third-order valence-corrected chi connectivity index (χ3v) is 2.29. The molecule has 0 saturated heterocycles. The summed E-state index contributed by atoms with van der Waals surface area (Å²) >= 11 is 3.27. The minimum atomic E-state index is -0.266. The minimum Gasteiger partial charge on any atom is -0.359 e. The lowest BCUT2D eigenvalue weighted by atomic mass is 10.1. The first-order valence-electron chi connectivity index (χ1n) is 4.13. The number of Topliss-reactive ketones (excluding diaryl/α,β-unsaturated/α-hetero) is 1. The zero-order valence-corrected chi connectivity index (χ0v) is 9.30. The minimum absolute atomic E-state index is 0.0991. The highest BCUT2D eigenvalue weighted by Gasteiger charge is 2.09. The molecule has 0 aromatic heterocycles. The topological polar surface area (TPSA) is 46.2 Å². The van der Waals surface area contributed by atoms with E-state index >= 15 is 0 Å². The normalized spacial score (nSPS) is 9.57. The van der Waals surface area contributed by atoms with Crippen molar-refractivity contribution in [2.45, 2.75) is 6.42 Å². The maximum Gasteiger partial charge on any atom is 0.227 e. The Morgan fingerprint density at radius 1 is 1.29 bits per heavy atom. The van der Waals surface area contributed by atoms with E-state index in [1.165, 1.54) is 7.05 Å². The van der Waals surface area contributed by atoms with Gasteiger partial charge in [-0.2, -0.15) is 0 Å². The van der Waals surface area contributed by atoms with Gasteiger partial charge in [-0.05, 0) is 12.1 Å². The van der Waals surface area contributed by atoms with Gasteiger partial charge in [-0.3, -0.25) is 9.59 Å². The largest absolute Gasteiger partial charge is 0.359 e. The SMILES string of the molecule is CNC(=O)CC(=O)c1ccc(Br)cc1. The number of hydrogen-bond acceptors (Lipinski definition) is 2. The van der Waals surface area contributed by atoms with Crippen LogP contribution in [0, 0.1) is 0 Å². The summed E-state index contributed by atoms with van der Waals surface area (Å²) < 4.78 is 0.911. The van der Waals surface area contributed by atoms with E-state index in [9.17, 15) is 9.59 Å². The molecule has 74 valence electrons. The van der Waals surface area contributed by atoms with E-state index in [0.29, 0.717) is 5.56 Å². The fourth-order valence-corrected chi connectivity index (χ4v) is 1.24. The summed E-state index contributed by atoms with van der Waals surface area (Å²) in [7, 11) is 1.51. The summed E-state index contributed by atoms with van der Waals surface area (Å²) in [6, 6.07) is 6.93. The Hall–Kier alpha value is -1.16. The van der Waals surface area contributed by atoms with E-state index in [1.54, 1.807) is 24.3 Å². The van der Waals surface area contributed by atoms with Gasteiger partial charge in [0.15, 0.2) is 5.78 Å². The Bertz CT molecular complexity index is 346. The number of carbonyl (C=O) groups excluding carboxylic acids is 2. The van der Waals surface area contributed by atoms with Crippen molar-refractivity contribution >= 4 is 27.6 Å². The molecule has 0 aliphatic rings. The molecule has 0 fully saturated rings. The quantitative estimate of drug-likeness (QED) is 0.661. The predicted octanol–water partition coefficient (Wildman–Crippen LogP) is 1.77. The van der Waals surface area contributed by atoms with Crippen molar-refractivity contribution < 1.29 is 9.59 Å². The monoisotopic (exact) mass is 255 g/mol. The molecule has 0 saturated carbocycles. The highest BCUT2D eigenvalue weighted by atomic mass is 79.9. The van der Waals surface area contributed by atoms with E-state index in [4.69, 9.17) is 0 Å². The van der Waals surface area contributed by atoms with Gasteiger partial charge in [-0.15, -0.1) is 0 Å². The molecule has 0 unspecified atom stereocenters. The molecule has 1 aromatic rings. The standard InChI is InChI=1S/C10H10BrNO2/c1-12-10(14)6-9(13)7-2-4-8(11)5-3-7/h2-5H,6H2,1H3,(H,12,14). The molecule has 0 bridgehead atoms. The second-order valence-electron chi connectivity index (χ2n) is 2.78. The van der Waals surface area contributed by atoms with E-state index in [0.717, 1.165) is 4.47 Å². The first-order valence-corrected chi connectivity index (χ1v) is 4.92. The average molecular weight is 256 g/mol. The molecular formula is C10H10BrNO2. The number of halogens is 1. The summed E-state index contributed by atoms with van der Waals surface area (Å²) in [6.07, 6.45) is -0.0991. The first kappa shape index (κ1) is 10.9. The van der Waals surface area contributed by atoms with Gasteiger partial charge < -0.3 is 5.32 Å². The Morgan fingerprint density at radius 2 is 1.86 bits per heavy atom. The molecule has 0 aliphatic heterocycles. The van der Waals surface area contributed by atoms with Crippen LogP contribution in [0.4, 0.5) is 0 Å². The molecule has 1 amide bonds. The molecule has 14 heavy (non-hydrogen) atoms. The molecule has 0 heterocycles. The molecular weight excluding hydrogens is 246 g/mol. The van der Waals surface area contributed by atoms with E-state index in [1.807, 2.05) is 0 Å². The first-order chi connectivity index (χ1) is 6.63. The van der Waals surface area contributed by atoms with Crippen molar-refractivity contribution in [2.24, 2.45) is 0 Å². The van der Waals surface area contributed by atoms with Gasteiger partial charge in [0.25, 0.3) is 0 Å². The van der Waals surface area contributed by atoms with Crippen molar-refractivity contribution in [1.82, 2.24) is 5.32 Å². The summed E-state index contributed by atoms with van der Waals surface area (Å²) in [5.41, 5.74) is 0.553. The Labute approximate surface area is 90.6 Å². The fraction of sp³-hybridized carbons (Fsp3) is 0.200. The maximum atomic E-state index is 11.4.